The van der Waals surface area contributed by atoms with Crippen molar-refractivity contribution >= 4 is 32.8 Å². The van der Waals surface area contributed by atoms with E-state index >= 15 is 0 Å². The van der Waals surface area contributed by atoms with Crippen LogP contribution in [0.1, 0.15) is 69.5 Å². The van der Waals surface area contributed by atoms with Crippen molar-refractivity contribution < 1.29 is 19.0 Å². The van der Waals surface area contributed by atoms with Crippen molar-refractivity contribution in [1.82, 2.24) is 9.55 Å². The van der Waals surface area contributed by atoms with E-state index in [1.807, 2.05) is 25.3 Å². The molecule has 41 heavy (non-hydrogen) atoms. The third-order valence-corrected chi connectivity index (χ3v) is 8.48. The van der Waals surface area contributed by atoms with Crippen LogP contribution in [-0.4, -0.2) is 35.3 Å². The molecule has 1 aliphatic rings. The van der Waals surface area contributed by atoms with Gasteiger partial charge in [-0.05, 0) is 67.6 Å². The summed E-state index contributed by atoms with van der Waals surface area (Å²) < 4.78 is 21.1. The topological polar surface area (TPSA) is 62.6 Å². The van der Waals surface area contributed by atoms with Gasteiger partial charge in [0.05, 0.1) is 36.8 Å². The van der Waals surface area contributed by atoms with Crippen LogP contribution in [0, 0.1) is 5.41 Å². The third-order valence-electron chi connectivity index (χ3n) is 7.99. The predicted molar refractivity (Wildman–Crippen MR) is 166 cm³/mol. The van der Waals surface area contributed by atoms with Gasteiger partial charge in [0, 0.05) is 52.6 Å². The van der Waals surface area contributed by atoms with Crippen LogP contribution >= 0.6 is 15.9 Å². The normalized spacial score (nSPS) is 17.8. The average Bonchev–Trinajstić information content (AvgIpc) is 3.23. The largest absolute Gasteiger partial charge is 0.465 e. The number of halogens is 1. The number of hydrogen-bond acceptors (Lipinski definition) is 5. The lowest BCUT2D eigenvalue weighted by atomic mass is 9.84. The van der Waals surface area contributed by atoms with Crippen LogP contribution in [-0.2, 0) is 32.0 Å². The molecule has 1 atom stereocenters. The molecule has 0 N–H and O–H groups in total. The Balaban J connectivity index is 1.59. The lowest BCUT2D eigenvalue weighted by molar-refractivity contribution is -0.143. The van der Waals surface area contributed by atoms with Gasteiger partial charge in [-0.15, -0.1) is 0 Å². The molecular weight excluding hydrogens is 580 g/mol. The van der Waals surface area contributed by atoms with Crippen LogP contribution in [0.3, 0.4) is 0 Å². The molecule has 7 heteroatoms. The molecule has 0 spiro atoms. The number of pyridine rings is 1. The SMILES string of the molecule is CO[C@@H](C)c1ncccc1-c1c(CC(C)(C)COC(C)=O)c2cc(Br)ccc2n1C1CC(OCc2ccccc2)C1. The number of hydrogen-bond donors (Lipinski definition) is 0. The summed E-state index contributed by atoms with van der Waals surface area (Å²) in [5.41, 5.74) is 6.47. The molecule has 1 aliphatic carbocycles. The third kappa shape index (κ3) is 6.58. The number of rotatable bonds is 11. The van der Waals surface area contributed by atoms with Crippen molar-refractivity contribution in [3.8, 4) is 11.3 Å². The minimum absolute atomic E-state index is 0.172. The number of carbonyl (C=O) groups excluding carboxylic acids is 1. The fourth-order valence-electron chi connectivity index (χ4n) is 5.76. The molecular formula is C34H39BrN2O4. The first-order chi connectivity index (χ1) is 19.7. The molecule has 2 aromatic heterocycles. The highest BCUT2D eigenvalue weighted by atomic mass is 79.9. The van der Waals surface area contributed by atoms with E-state index in [4.69, 9.17) is 19.2 Å². The molecule has 0 radical (unpaired) electrons. The molecule has 0 saturated heterocycles. The zero-order chi connectivity index (χ0) is 29.1. The van der Waals surface area contributed by atoms with Gasteiger partial charge in [0.15, 0.2) is 0 Å². The minimum atomic E-state index is -0.280. The van der Waals surface area contributed by atoms with Crippen LogP contribution in [0.15, 0.2) is 71.3 Å². The van der Waals surface area contributed by atoms with E-state index in [0.717, 1.165) is 40.7 Å². The first-order valence-corrected chi connectivity index (χ1v) is 15.1. The summed E-state index contributed by atoms with van der Waals surface area (Å²) >= 11 is 3.72. The van der Waals surface area contributed by atoms with Crippen LogP contribution in [0.2, 0.25) is 0 Å². The fraction of sp³-hybridized carbons (Fsp3) is 0.412. The molecule has 0 unspecified atom stereocenters. The van der Waals surface area contributed by atoms with Crippen molar-refractivity contribution in [3.63, 3.8) is 0 Å². The Hall–Kier alpha value is -3.00. The number of ether oxygens (including phenoxy) is 3. The van der Waals surface area contributed by atoms with Crippen molar-refractivity contribution in [2.24, 2.45) is 5.41 Å². The van der Waals surface area contributed by atoms with Crippen LogP contribution < -0.4 is 0 Å². The maximum atomic E-state index is 11.7. The Kier molecular flexibility index (Phi) is 8.97. The van der Waals surface area contributed by atoms with Crippen molar-refractivity contribution in [2.45, 2.75) is 71.8 Å². The number of carbonyl (C=O) groups is 1. The number of benzene rings is 2. The molecule has 5 rings (SSSR count). The van der Waals surface area contributed by atoms with Gasteiger partial charge >= 0.3 is 5.97 Å². The molecule has 1 saturated carbocycles. The highest BCUT2D eigenvalue weighted by molar-refractivity contribution is 9.10. The molecule has 2 aromatic carbocycles. The van der Waals surface area contributed by atoms with Gasteiger partial charge in [-0.2, -0.15) is 0 Å². The van der Waals surface area contributed by atoms with Crippen molar-refractivity contribution in [2.75, 3.05) is 13.7 Å². The summed E-state index contributed by atoms with van der Waals surface area (Å²) in [6.45, 7) is 8.77. The average molecular weight is 620 g/mol. The van der Waals surface area contributed by atoms with E-state index in [1.165, 1.54) is 29.0 Å². The molecule has 0 aliphatic heterocycles. The van der Waals surface area contributed by atoms with Gasteiger partial charge in [0.2, 0.25) is 0 Å². The van der Waals surface area contributed by atoms with Crippen molar-refractivity contribution in [1.29, 1.82) is 0 Å². The van der Waals surface area contributed by atoms with Gasteiger partial charge in [-0.3, -0.25) is 9.78 Å². The highest BCUT2D eigenvalue weighted by Gasteiger charge is 2.37. The second-order valence-electron chi connectivity index (χ2n) is 11.8. The van der Waals surface area contributed by atoms with E-state index in [0.29, 0.717) is 13.2 Å². The first kappa shape index (κ1) is 29.5. The van der Waals surface area contributed by atoms with Crippen molar-refractivity contribution in [3.05, 3.63) is 88.2 Å². The predicted octanol–water partition coefficient (Wildman–Crippen LogP) is 8.23. The van der Waals surface area contributed by atoms with E-state index < -0.39 is 0 Å². The molecule has 2 heterocycles. The van der Waals surface area contributed by atoms with Gasteiger partial charge in [0.25, 0.3) is 0 Å². The van der Waals surface area contributed by atoms with Crippen LogP contribution in [0.5, 0.6) is 0 Å². The summed E-state index contributed by atoms with van der Waals surface area (Å²) in [5.74, 6) is -0.261. The number of nitrogens with zero attached hydrogens (tertiary/aromatic N) is 2. The number of esters is 1. The van der Waals surface area contributed by atoms with E-state index in [9.17, 15) is 4.79 Å². The molecule has 0 amide bonds. The number of methoxy groups -OCH3 is 1. The fourth-order valence-corrected chi connectivity index (χ4v) is 6.12. The van der Waals surface area contributed by atoms with E-state index in [1.54, 1.807) is 7.11 Å². The zero-order valence-corrected chi connectivity index (χ0v) is 26.1. The Morgan fingerprint density at radius 1 is 1.12 bits per heavy atom. The lowest BCUT2D eigenvalue weighted by Gasteiger charge is -2.38. The summed E-state index contributed by atoms with van der Waals surface area (Å²) in [4.78, 5) is 16.5. The Morgan fingerprint density at radius 3 is 2.59 bits per heavy atom. The zero-order valence-electron chi connectivity index (χ0n) is 24.5. The molecule has 1 fully saturated rings. The Bertz CT molecular complexity index is 1510. The molecule has 4 aromatic rings. The summed E-state index contributed by atoms with van der Waals surface area (Å²) in [6, 6.07) is 21.3. The van der Waals surface area contributed by atoms with Gasteiger partial charge < -0.3 is 18.8 Å². The highest BCUT2D eigenvalue weighted by Crippen LogP contribution is 2.47. The summed E-state index contributed by atoms with van der Waals surface area (Å²) in [7, 11) is 1.72. The molecule has 216 valence electrons. The first-order valence-electron chi connectivity index (χ1n) is 14.3. The van der Waals surface area contributed by atoms with Gasteiger partial charge in [0.1, 0.15) is 0 Å². The standard InChI is InChI=1S/C34H39BrN2O4/c1-22(39-5)32-28(12-9-15-36-32)33-30(19-34(3,4)21-41-23(2)38)29-16-25(35)13-14-31(29)37(33)26-17-27(18-26)40-20-24-10-7-6-8-11-24/h6-16,22,26-27H,17-21H2,1-5H3/t22-,26?,27?/m0/s1. The lowest BCUT2D eigenvalue weighted by Crippen LogP contribution is -2.33. The van der Waals surface area contributed by atoms with Crippen LogP contribution in [0.4, 0.5) is 0 Å². The molecule has 0 bridgehead atoms. The number of aromatic nitrogens is 2. The summed E-state index contributed by atoms with van der Waals surface area (Å²) in [6.07, 6.45) is 4.47. The Morgan fingerprint density at radius 2 is 1.88 bits per heavy atom. The van der Waals surface area contributed by atoms with Crippen LogP contribution in [0.25, 0.3) is 22.2 Å². The quantitative estimate of drug-likeness (QED) is 0.158. The number of fused-ring (bicyclic) bond motifs is 1. The smallest absolute Gasteiger partial charge is 0.302 e. The Labute approximate surface area is 251 Å². The monoisotopic (exact) mass is 618 g/mol. The minimum Gasteiger partial charge on any atom is -0.465 e. The van der Waals surface area contributed by atoms with E-state index in [-0.39, 0.29) is 29.6 Å². The van der Waals surface area contributed by atoms with E-state index in [2.05, 4.69) is 82.9 Å². The van der Waals surface area contributed by atoms with Gasteiger partial charge in [-0.25, -0.2) is 0 Å². The second kappa shape index (κ2) is 12.5. The second-order valence-corrected chi connectivity index (χ2v) is 12.8. The maximum absolute atomic E-state index is 11.7. The maximum Gasteiger partial charge on any atom is 0.302 e. The summed E-state index contributed by atoms with van der Waals surface area (Å²) in [5, 5.41) is 1.19. The molecule has 6 nitrogen and oxygen atoms in total. The van der Waals surface area contributed by atoms with Gasteiger partial charge in [-0.1, -0.05) is 60.1 Å².